The molecule has 28 heavy (non-hydrogen) atoms. The van der Waals surface area contributed by atoms with Crippen molar-refractivity contribution in [2.24, 2.45) is 0 Å². The maximum Gasteiger partial charge on any atom is 0.290 e. The second kappa shape index (κ2) is 7.08. The molecule has 0 unspecified atom stereocenters. The summed E-state index contributed by atoms with van der Waals surface area (Å²) >= 11 is 6.09. The third kappa shape index (κ3) is 3.11. The number of rotatable bonds is 4. The Labute approximate surface area is 168 Å². The topological polar surface area (TPSA) is 53.8 Å². The summed E-state index contributed by atoms with van der Waals surface area (Å²) in [6.07, 6.45) is 0. The number of amides is 1. The van der Waals surface area contributed by atoms with Gasteiger partial charge in [-0.05, 0) is 44.8 Å². The number of hydrogen-bond donors (Lipinski definition) is 0. The van der Waals surface area contributed by atoms with Crippen LogP contribution in [0.1, 0.15) is 33.3 Å². The van der Waals surface area contributed by atoms with Crippen molar-refractivity contribution in [1.29, 1.82) is 0 Å². The standard InChI is InChI=1S/C22H21ClN2O3/c1-13-4-6-14(7-5-13)19-18-20(26)16-12-15(23)8-9-17(16)28-21(18)22(27)25(19)11-10-24(2)3/h4-9,12,19H,10-11H2,1-3H3/t19-/m1/s1. The number of likely N-dealkylation sites (N-methyl/N-ethyl adjacent to an activating group) is 1. The van der Waals surface area contributed by atoms with Gasteiger partial charge in [-0.15, -0.1) is 0 Å². The lowest BCUT2D eigenvalue weighted by Crippen LogP contribution is -2.35. The second-order valence-corrected chi connectivity index (χ2v) is 7.87. The zero-order chi connectivity index (χ0) is 20.0. The van der Waals surface area contributed by atoms with E-state index in [-0.39, 0.29) is 17.1 Å². The monoisotopic (exact) mass is 396 g/mol. The van der Waals surface area contributed by atoms with Crippen LogP contribution in [0.3, 0.4) is 0 Å². The summed E-state index contributed by atoms with van der Waals surface area (Å²) in [4.78, 5) is 30.2. The molecule has 1 aliphatic heterocycles. The summed E-state index contributed by atoms with van der Waals surface area (Å²) in [5, 5.41) is 0.853. The fourth-order valence-electron chi connectivity index (χ4n) is 3.63. The lowest BCUT2D eigenvalue weighted by molar-refractivity contribution is 0.0716. The first-order valence-corrected chi connectivity index (χ1v) is 9.53. The van der Waals surface area contributed by atoms with Crippen molar-refractivity contribution in [3.63, 3.8) is 0 Å². The molecule has 144 valence electrons. The molecule has 2 aromatic carbocycles. The normalized spacial score (nSPS) is 16.2. The van der Waals surface area contributed by atoms with Gasteiger partial charge in [0, 0.05) is 18.1 Å². The minimum Gasteiger partial charge on any atom is -0.450 e. The van der Waals surface area contributed by atoms with Gasteiger partial charge in [-0.2, -0.15) is 0 Å². The lowest BCUT2D eigenvalue weighted by atomic mass is 9.98. The molecule has 1 aliphatic rings. The number of benzene rings is 2. The van der Waals surface area contributed by atoms with Gasteiger partial charge in [0.25, 0.3) is 5.91 Å². The van der Waals surface area contributed by atoms with Gasteiger partial charge in [-0.3, -0.25) is 9.59 Å². The van der Waals surface area contributed by atoms with E-state index in [1.807, 2.05) is 50.2 Å². The molecule has 1 amide bonds. The van der Waals surface area contributed by atoms with Gasteiger partial charge in [-0.1, -0.05) is 41.4 Å². The highest BCUT2D eigenvalue weighted by atomic mass is 35.5. The third-order valence-corrected chi connectivity index (χ3v) is 5.34. The molecule has 0 spiro atoms. The molecule has 0 N–H and O–H groups in total. The first kappa shape index (κ1) is 18.7. The van der Waals surface area contributed by atoms with Crippen molar-refractivity contribution in [2.45, 2.75) is 13.0 Å². The quantitative estimate of drug-likeness (QED) is 0.672. The number of fused-ring (bicyclic) bond motifs is 2. The Kier molecular flexibility index (Phi) is 4.73. The summed E-state index contributed by atoms with van der Waals surface area (Å²) < 4.78 is 5.90. The molecule has 0 fully saturated rings. The molecule has 0 aliphatic carbocycles. The summed E-state index contributed by atoms with van der Waals surface area (Å²) in [5.41, 5.74) is 2.57. The molecule has 5 nitrogen and oxygen atoms in total. The van der Waals surface area contributed by atoms with Gasteiger partial charge in [0.05, 0.1) is 17.0 Å². The van der Waals surface area contributed by atoms with Gasteiger partial charge in [0.15, 0.2) is 5.43 Å². The van der Waals surface area contributed by atoms with Gasteiger partial charge < -0.3 is 14.2 Å². The molecule has 0 bridgehead atoms. The molecule has 2 heterocycles. The molecule has 0 saturated carbocycles. The zero-order valence-electron chi connectivity index (χ0n) is 16.0. The van der Waals surface area contributed by atoms with Crippen LogP contribution < -0.4 is 5.43 Å². The van der Waals surface area contributed by atoms with Crippen LogP contribution in [-0.4, -0.2) is 42.9 Å². The van der Waals surface area contributed by atoms with Crippen LogP contribution in [0.4, 0.5) is 0 Å². The van der Waals surface area contributed by atoms with Crippen LogP contribution >= 0.6 is 11.6 Å². The molecule has 1 aromatic heterocycles. The Hall–Kier alpha value is -2.63. The van der Waals surface area contributed by atoms with Crippen LogP contribution in [-0.2, 0) is 0 Å². The van der Waals surface area contributed by atoms with Crippen molar-refractivity contribution in [2.75, 3.05) is 27.2 Å². The smallest absolute Gasteiger partial charge is 0.290 e. The van der Waals surface area contributed by atoms with Crippen molar-refractivity contribution >= 4 is 28.5 Å². The van der Waals surface area contributed by atoms with Crippen molar-refractivity contribution < 1.29 is 9.21 Å². The average Bonchev–Trinajstić information content (AvgIpc) is 2.94. The highest BCUT2D eigenvalue weighted by Gasteiger charge is 2.42. The van der Waals surface area contributed by atoms with Crippen molar-refractivity contribution in [3.8, 4) is 0 Å². The first-order valence-electron chi connectivity index (χ1n) is 9.15. The summed E-state index contributed by atoms with van der Waals surface area (Å²) in [6.45, 7) is 3.18. The van der Waals surface area contributed by atoms with Gasteiger partial charge in [0.1, 0.15) is 5.58 Å². The number of carbonyl (C=O) groups excluding carboxylic acids is 1. The van der Waals surface area contributed by atoms with Gasteiger partial charge >= 0.3 is 0 Å². The largest absolute Gasteiger partial charge is 0.450 e. The molecule has 3 aromatic rings. The first-order chi connectivity index (χ1) is 13.4. The van der Waals surface area contributed by atoms with E-state index in [0.717, 1.165) is 11.1 Å². The third-order valence-electron chi connectivity index (χ3n) is 5.11. The maximum absolute atomic E-state index is 13.3. The second-order valence-electron chi connectivity index (χ2n) is 7.43. The Morgan fingerprint density at radius 2 is 1.82 bits per heavy atom. The Balaban J connectivity index is 1.94. The molecule has 4 rings (SSSR count). The Bertz CT molecular complexity index is 1120. The SMILES string of the molecule is Cc1ccc([C@@H]2c3c(oc4ccc(Cl)cc4c3=O)C(=O)N2CCN(C)C)cc1. The molecule has 6 heteroatoms. The molecule has 1 atom stereocenters. The Morgan fingerprint density at radius 3 is 2.50 bits per heavy atom. The predicted molar refractivity (Wildman–Crippen MR) is 110 cm³/mol. The summed E-state index contributed by atoms with van der Waals surface area (Å²) in [6, 6.07) is 12.3. The maximum atomic E-state index is 13.3. The fraction of sp³-hybridized carbons (Fsp3) is 0.273. The van der Waals surface area contributed by atoms with Crippen molar-refractivity contribution in [3.05, 3.63) is 80.2 Å². The number of nitrogens with zero attached hydrogens (tertiary/aromatic N) is 2. The molecule has 0 saturated heterocycles. The van der Waals surface area contributed by atoms with E-state index in [1.54, 1.807) is 23.1 Å². The van der Waals surface area contributed by atoms with E-state index in [2.05, 4.69) is 0 Å². The summed E-state index contributed by atoms with van der Waals surface area (Å²) in [5.74, 6) is -0.125. The van der Waals surface area contributed by atoms with Gasteiger partial charge in [-0.25, -0.2) is 0 Å². The fourth-order valence-corrected chi connectivity index (χ4v) is 3.80. The van der Waals surface area contributed by atoms with E-state index >= 15 is 0 Å². The number of carbonyl (C=O) groups is 1. The lowest BCUT2D eigenvalue weighted by Gasteiger charge is -2.26. The zero-order valence-corrected chi connectivity index (χ0v) is 16.8. The highest BCUT2D eigenvalue weighted by molar-refractivity contribution is 6.31. The number of aryl methyl sites for hydroxylation is 1. The van der Waals surface area contributed by atoms with Crippen LogP contribution in [0.25, 0.3) is 11.0 Å². The van der Waals surface area contributed by atoms with E-state index in [4.69, 9.17) is 16.0 Å². The van der Waals surface area contributed by atoms with E-state index in [0.29, 0.717) is 34.6 Å². The molecular weight excluding hydrogens is 376 g/mol. The minimum absolute atomic E-state index is 0.129. The predicted octanol–water partition coefficient (Wildman–Crippen LogP) is 3.86. The number of hydrogen-bond acceptors (Lipinski definition) is 4. The highest BCUT2D eigenvalue weighted by Crippen LogP contribution is 2.38. The molecular formula is C22H21ClN2O3. The number of halogens is 1. The minimum atomic E-state index is -0.470. The molecule has 0 radical (unpaired) electrons. The van der Waals surface area contributed by atoms with E-state index in [1.165, 1.54) is 0 Å². The Morgan fingerprint density at radius 1 is 1.11 bits per heavy atom. The van der Waals surface area contributed by atoms with Crippen LogP contribution in [0.5, 0.6) is 0 Å². The van der Waals surface area contributed by atoms with Gasteiger partial charge in [0.2, 0.25) is 5.76 Å². The van der Waals surface area contributed by atoms with E-state index < -0.39 is 6.04 Å². The summed E-state index contributed by atoms with van der Waals surface area (Å²) in [7, 11) is 3.91. The average molecular weight is 397 g/mol. The van der Waals surface area contributed by atoms with E-state index in [9.17, 15) is 9.59 Å². The van der Waals surface area contributed by atoms with Crippen LogP contribution in [0, 0.1) is 6.92 Å². The van der Waals surface area contributed by atoms with Crippen LogP contribution in [0.15, 0.2) is 51.7 Å². The van der Waals surface area contributed by atoms with Crippen molar-refractivity contribution in [1.82, 2.24) is 9.80 Å². The van der Waals surface area contributed by atoms with Crippen LogP contribution in [0.2, 0.25) is 5.02 Å².